The highest BCUT2D eigenvalue weighted by molar-refractivity contribution is 7.07. The first-order valence-electron chi connectivity index (χ1n) is 6.16. The molecule has 1 aliphatic carbocycles. The molecule has 1 aromatic rings. The predicted octanol–water partition coefficient (Wildman–Crippen LogP) is 2.97. The van der Waals surface area contributed by atoms with E-state index in [4.69, 9.17) is 10.5 Å². The van der Waals surface area contributed by atoms with Gasteiger partial charge in [0.05, 0.1) is 13.2 Å². The summed E-state index contributed by atoms with van der Waals surface area (Å²) in [7, 11) is 0. The van der Waals surface area contributed by atoms with Gasteiger partial charge in [0.1, 0.15) is 0 Å². The molecular weight excluding hydrogens is 218 g/mol. The maximum Gasteiger partial charge on any atom is 0.0646 e. The molecule has 1 aromatic heterocycles. The van der Waals surface area contributed by atoms with Crippen LogP contribution in [0, 0.1) is 0 Å². The van der Waals surface area contributed by atoms with Gasteiger partial charge in [-0.2, -0.15) is 11.3 Å². The monoisotopic (exact) mass is 239 g/mol. The minimum atomic E-state index is -0.0348. The maximum atomic E-state index is 6.30. The van der Waals surface area contributed by atoms with Crippen molar-refractivity contribution in [1.29, 1.82) is 0 Å². The van der Waals surface area contributed by atoms with Crippen LogP contribution in [0.2, 0.25) is 0 Å². The quantitative estimate of drug-likeness (QED) is 0.802. The molecule has 3 heteroatoms. The largest absolute Gasteiger partial charge is 0.379 e. The third-order valence-electron chi connectivity index (χ3n) is 3.35. The van der Waals surface area contributed by atoms with Crippen LogP contribution in [0.4, 0.5) is 0 Å². The van der Waals surface area contributed by atoms with Gasteiger partial charge in [-0.15, -0.1) is 0 Å². The summed E-state index contributed by atoms with van der Waals surface area (Å²) in [5, 5.41) is 4.29. The fourth-order valence-corrected chi connectivity index (χ4v) is 3.00. The van der Waals surface area contributed by atoms with Gasteiger partial charge >= 0.3 is 0 Å². The van der Waals surface area contributed by atoms with Crippen LogP contribution in [0.1, 0.15) is 37.7 Å². The molecule has 1 fully saturated rings. The van der Waals surface area contributed by atoms with Crippen LogP contribution in [0.15, 0.2) is 16.8 Å². The Balaban J connectivity index is 1.63. The summed E-state index contributed by atoms with van der Waals surface area (Å²) in [5.74, 6) is 0. The topological polar surface area (TPSA) is 35.2 Å². The van der Waals surface area contributed by atoms with Crippen molar-refractivity contribution in [3.05, 3.63) is 22.4 Å². The summed E-state index contributed by atoms with van der Waals surface area (Å²) >= 11 is 1.74. The summed E-state index contributed by atoms with van der Waals surface area (Å²) in [6.45, 7) is 1.53. The van der Waals surface area contributed by atoms with Gasteiger partial charge in [0.15, 0.2) is 0 Å². The second-order valence-corrected chi connectivity index (χ2v) is 5.64. The second-order valence-electron chi connectivity index (χ2n) is 4.86. The van der Waals surface area contributed by atoms with Gasteiger partial charge < -0.3 is 10.5 Å². The Bertz CT molecular complexity index is 291. The van der Waals surface area contributed by atoms with Crippen molar-refractivity contribution >= 4 is 11.3 Å². The summed E-state index contributed by atoms with van der Waals surface area (Å²) < 4.78 is 5.73. The summed E-state index contributed by atoms with van der Waals surface area (Å²) in [4.78, 5) is 0. The first-order valence-corrected chi connectivity index (χ1v) is 7.11. The Kier molecular flexibility index (Phi) is 4.38. The van der Waals surface area contributed by atoms with Gasteiger partial charge in [0.2, 0.25) is 0 Å². The summed E-state index contributed by atoms with van der Waals surface area (Å²) in [5.41, 5.74) is 7.64. The highest BCUT2D eigenvalue weighted by Gasteiger charge is 2.27. The Morgan fingerprint density at radius 3 is 2.81 bits per heavy atom. The lowest BCUT2D eigenvalue weighted by Gasteiger charge is -2.33. The first-order chi connectivity index (χ1) is 7.79. The lowest BCUT2D eigenvalue weighted by molar-refractivity contribution is 0.0698. The average Bonchev–Trinajstić information content (AvgIpc) is 2.78. The number of rotatable bonds is 5. The smallest absolute Gasteiger partial charge is 0.0646 e. The Labute approximate surface area is 102 Å². The van der Waals surface area contributed by atoms with E-state index in [2.05, 4.69) is 16.8 Å². The van der Waals surface area contributed by atoms with Gasteiger partial charge in [-0.25, -0.2) is 0 Å². The molecule has 16 heavy (non-hydrogen) atoms. The van der Waals surface area contributed by atoms with E-state index in [-0.39, 0.29) is 5.54 Å². The second kappa shape index (κ2) is 5.80. The van der Waals surface area contributed by atoms with Gasteiger partial charge in [-0.3, -0.25) is 0 Å². The van der Waals surface area contributed by atoms with Crippen molar-refractivity contribution in [2.24, 2.45) is 5.73 Å². The molecule has 1 saturated carbocycles. The van der Waals surface area contributed by atoms with Gasteiger partial charge in [0, 0.05) is 5.54 Å². The fraction of sp³-hybridized carbons (Fsp3) is 0.692. The summed E-state index contributed by atoms with van der Waals surface area (Å²) in [6.07, 6.45) is 7.15. The Hall–Kier alpha value is -0.380. The third-order valence-corrected chi connectivity index (χ3v) is 4.09. The minimum Gasteiger partial charge on any atom is -0.379 e. The normalized spacial score (nSPS) is 19.8. The highest BCUT2D eigenvalue weighted by Crippen LogP contribution is 2.26. The Morgan fingerprint density at radius 1 is 1.31 bits per heavy atom. The van der Waals surface area contributed by atoms with E-state index in [1.807, 2.05) is 0 Å². The van der Waals surface area contributed by atoms with Gasteiger partial charge in [0.25, 0.3) is 0 Å². The molecule has 2 nitrogen and oxygen atoms in total. The van der Waals surface area contributed by atoms with Crippen molar-refractivity contribution in [3.8, 4) is 0 Å². The van der Waals surface area contributed by atoms with E-state index in [1.165, 1.54) is 24.8 Å². The minimum absolute atomic E-state index is 0.0348. The average molecular weight is 239 g/mol. The van der Waals surface area contributed by atoms with E-state index in [0.29, 0.717) is 0 Å². The van der Waals surface area contributed by atoms with E-state index in [1.54, 1.807) is 11.3 Å². The molecule has 2 rings (SSSR count). The lowest BCUT2D eigenvalue weighted by Crippen LogP contribution is -2.46. The molecule has 2 N–H and O–H groups in total. The highest BCUT2D eigenvalue weighted by atomic mass is 32.1. The maximum absolute atomic E-state index is 6.30. The Morgan fingerprint density at radius 2 is 2.12 bits per heavy atom. The van der Waals surface area contributed by atoms with E-state index >= 15 is 0 Å². The van der Waals surface area contributed by atoms with Crippen molar-refractivity contribution in [1.82, 2.24) is 0 Å². The lowest BCUT2D eigenvalue weighted by atomic mass is 9.83. The van der Waals surface area contributed by atoms with Gasteiger partial charge in [-0.1, -0.05) is 19.3 Å². The van der Waals surface area contributed by atoms with Crippen LogP contribution in [-0.4, -0.2) is 18.8 Å². The number of hydrogen-bond donors (Lipinski definition) is 1. The van der Waals surface area contributed by atoms with Crippen molar-refractivity contribution in [3.63, 3.8) is 0 Å². The molecule has 0 aliphatic heterocycles. The molecule has 0 radical (unpaired) electrons. The van der Waals surface area contributed by atoms with Crippen LogP contribution >= 0.6 is 11.3 Å². The van der Waals surface area contributed by atoms with Crippen LogP contribution < -0.4 is 5.73 Å². The van der Waals surface area contributed by atoms with Crippen LogP contribution in [-0.2, 0) is 11.2 Å². The molecule has 0 unspecified atom stereocenters. The number of nitrogens with two attached hydrogens (primary N) is 1. The van der Waals surface area contributed by atoms with Crippen LogP contribution in [0.5, 0.6) is 0 Å². The fourth-order valence-electron chi connectivity index (χ4n) is 2.30. The van der Waals surface area contributed by atoms with Crippen LogP contribution in [0.25, 0.3) is 0 Å². The predicted molar refractivity (Wildman–Crippen MR) is 68.8 cm³/mol. The molecule has 1 heterocycles. The van der Waals surface area contributed by atoms with E-state index in [9.17, 15) is 0 Å². The molecule has 0 saturated heterocycles. The third kappa shape index (κ3) is 3.58. The van der Waals surface area contributed by atoms with Gasteiger partial charge in [-0.05, 0) is 41.7 Å². The molecule has 0 bridgehead atoms. The molecule has 0 amide bonds. The zero-order valence-corrected chi connectivity index (χ0v) is 10.6. The first kappa shape index (κ1) is 12.1. The SMILES string of the molecule is NC1(COCCc2ccsc2)CCCCC1. The molecule has 0 aromatic carbocycles. The van der Waals surface area contributed by atoms with E-state index in [0.717, 1.165) is 32.5 Å². The molecule has 90 valence electrons. The van der Waals surface area contributed by atoms with Crippen molar-refractivity contribution in [2.75, 3.05) is 13.2 Å². The van der Waals surface area contributed by atoms with Crippen LogP contribution in [0.3, 0.4) is 0 Å². The zero-order valence-electron chi connectivity index (χ0n) is 9.78. The number of hydrogen-bond acceptors (Lipinski definition) is 3. The van der Waals surface area contributed by atoms with Crippen molar-refractivity contribution in [2.45, 2.75) is 44.1 Å². The van der Waals surface area contributed by atoms with E-state index < -0.39 is 0 Å². The molecular formula is C13H21NOS. The molecule has 1 aliphatic rings. The zero-order chi connectivity index (χ0) is 11.3. The molecule has 0 spiro atoms. The van der Waals surface area contributed by atoms with Crippen molar-refractivity contribution < 1.29 is 4.74 Å². The molecule has 0 atom stereocenters. The standard InChI is InChI=1S/C13H21NOS/c14-13(6-2-1-3-7-13)11-15-8-4-12-5-9-16-10-12/h5,9-10H,1-4,6-8,11,14H2. The number of thiophene rings is 1. The number of ether oxygens (including phenoxy) is 1. The summed E-state index contributed by atoms with van der Waals surface area (Å²) in [6, 6.07) is 2.16.